The third-order valence-corrected chi connectivity index (χ3v) is 2.59. The fraction of sp³-hybridized carbons (Fsp3) is 0.583. The Bertz CT molecular complexity index is 505. The number of hydrogen-bond acceptors (Lipinski definition) is 3. The van der Waals surface area contributed by atoms with Crippen molar-refractivity contribution in [1.29, 1.82) is 0 Å². The number of H-pyrrole nitrogens is 1. The van der Waals surface area contributed by atoms with Gasteiger partial charge in [0.25, 0.3) is 0 Å². The number of fused-ring (bicyclic) bond motifs is 1. The van der Waals surface area contributed by atoms with E-state index < -0.39 is 0 Å². The third-order valence-electron chi connectivity index (χ3n) is 2.59. The number of hydrogen-bond donors (Lipinski definition) is 1. The fourth-order valence-electron chi connectivity index (χ4n) is 1.61. The highest BCUT2D eigenvalue weighted by Gasteiger charge is 2.22. The molecular formula is C12H18N4. The highest BCUT2D eigenvalue weighted by atomic mass is 15.2. The minimum Gasteiger partial charge on any atom is -0.259 e. The zero-order valence-corrected chi connectivity index (χ0v) is 10.5. The first kappa shape index (κ1) is 11.0. The lowest BCUT2D eigenvalue weighted by Gasteiger charge is -2.15. The molecule has 0 amide bonds. The van der Waals surface area contributed by atoms with Crippen LogP contribution in [0.2, 0.25) is 0 Å². The lowest BCUT2D eigenvalue weighted by molar-refractivity contribution is 0.570. The molecule has 0 aliphatic heterocycles. The summed E-state index contributed by atoms with van der Waals surface area (Å²) in [6.45, 7) is 10.6. The summed E-state index contributed by atoms with van der Waals surface area (Å²) in [4.78, 5) is 9.00. The lowest BCUT2D eigenvalue weighted by Crippen LogP contribution is -2.12. The summed E-state index contributed by atoms with van der Waals surface area (Å²) < 4.78 is 0. The van der Waals surface area contributed by atoms with Gasteiger partial charge in [-0.05, 0) is 5.92 Å². The van der Waals surface area contributed by atoms with Gasteiger partial charge in [0, 0.05) is 5.41 Å². The number of nitrogens with one attached hydrogen (secondary N) is 1. The number of aromatic nitrogens is 4. The van der Waals surface area contributed by atoms with Gasteiger partial charge in [-0.3, -0.25) is 5.10 Å². The van der Waals surface area contributed by atoms with E-state index in [9.17, 15) is 0 Å². The zero-order chi connectivity index (χ0) is 11.9. The Labute approximate surface area is 95.5 Å². The maximum absolute atomic E-state index is 4.64. The molecule has 0 bridgehead atoms. The first-order chi connectivity index (χ1) is 7.39. The van der Waals surface area contributed by atoms with E-state index in [1.165, 1.54) is 0 Å². The second-order valence-electron chi connectivity index (χ2n) is 5.47. The summed E-state index contributed by atoms with van der Waals surface area (Å²) in [6, 6.07) is 0. The largest absolute Gasteiger partial charge is 0.259 e. The van der Waals surface area contributed by atoms with Crippen LogP contribution in [0.4, 0.5) is 0 Å². The molecule has 1 N–H and O–H groups in total. The molecule has 2 aromatic rings. The van der Waals surface area contributed by atoms with Crippen LogP contribution in [0.25, 0.3) is 11.2 Å². The van der Waals surface area contributed by atoms with E-state index in [-0.39, 0.29) is 5.41 Å². The van der Waals surface area contributed by atoms with Gasteiger partial charge in [-0.2, -0.15) is 5.10 Å². The lowest BCUT2D eigenvalue weighted by atomic mass is 9.92. The molecule has 0 aliphatic carbocycles. The maximum atomic E-state index is 4.64. The van der Waals surface area contributed by atoms with Crippen LogP contribution in [0.5, 0.6) is 0 Å². The predicted octanol–water partition coefficient (Wildman–Crippen LogP) is 2.77. The van der Waals surface area contributed by atoms with Crippen LogP contribution in [0.15, 0.2) is 6.20 Å². The average molecular weight is 218 g/mol. The molecule has 2 aromatic heterocycles. The Morgan fingerprint density at radius 2 is 1.94 bits per heavy atom. The van der Waals surface area contributed by atoms with E-state index in [2.05, 4.69) is 54.8 Å². The molecule has 86 valence electrons. The van der Waals surface area contributed by atoms with Crippen LogP contribution in [-0.4, -0.2) is 20.2 Å². The van der Waals surface area contributed by atoms with Crippen molar-refractivity contribution in [3.05, 3.63) is 17.6 Å². The monoisotopic (exact) mass is 218 g/mol. The Morgan fingerprint density at radius 3 is 2.50 bits per heavy atom. The fourth-order valence-corrected chi connectivity index (χ4v) is 1.61. The van der Waals surface area contributed by atoms with Crippen molar-refractivity contribution in [1.82, 2.24) is 20.2 Å². The second-order valence-corrected chi connectivity index (χ2v) is 5.47. The Kier molecular flexibility index (Phi) is 2.45. The molecular weight excluding hydrogens is 200 g/mol. The summed E-state index contributed by atoms with van der Waals surface area (Å²) in [6.07, 6.45) is 1.82. The molecule has 0 aromatic carbocycles. The predicted molar refractivity (Wildman–Crippen MR) is 64.5 cm³/mol. The van der Waals surface area contributed by atoms with Crippen molar-refractivity contribution in [3.8, 4) is 0 Å². The quantitative estimate of drug-likeness (QED) is 0.800. The van der Waals surface area contributed by atoms with Crippen LogP contribution in [0, 0.1) is 0 Å². The zero-order valence-electron chi connectivity index (χ0n) is 10.5. The third kappa shape index (κ3) is 1.79. The molecule has 0 spiro atoms. The van der Waals surface area contributed by atoms with Crippen LogP contribution < -0.4 is 0 Å². The molecule has 4 heteroatoms. The summed E-state index contributed by atoms with van der Waals surface area (Å²) in [5.41, 5.74) is 3.66. The van der Waals surface area contributed by atoms with Crippen LogP contribution in [0.1, 0.15) is 51.9 Å². The van der Waals surface area contributed by atoms with Crippen molar-refractivity contribution in [2.45, 2.75) is 46.0 Å². The highest BCUT2D eigenvalue weighted by molar-refractivity contribution is 5.73. The van der Waals surface area contributed by atoms with Gasteiger partial charge < -0.3 is 0 Å². The highest BCUT2D eigenvalue weighted by Crippen LogP contribution is 2.26. The van der Waals surface area contributed by atoms with Gasteiger partial charge in [-0.15, -0.1) is 0 Å². The summed E-state index contributed by atoms with van der Waals surface area (Å²) in [5, 5.41) is 7.25. The summed E-state index contributed by atoms with van der Waals surface area (Å²) >= 11 is 0. The van der Waals surface area contributed by atoms with Gasteiger partial charge in [0.15, 0.2) is 5.65 Å². The van der Waals surface area contributed by atoms with Crippen LogP contribution in [0.3, 0.4) is 0 Å². The van der Waals surface area contributed by atoms with E-state index in [0.717, 1.165) is 22.6 Å². The van der Waals surface area contributed by atoms with Gasteiger partial charge in [0.2, 0.25) is 0 Å². The number of aromatic amines is 1. The molecule has 0 aliphatic rings. The summed E-state index contributed by atoms with van der Waals surface area (Å²) in [5.74, 6) is 0.389. The molecule has 0 atom stereocenters. The topological polar surface area (TPSA) is 54.5 Å². The second kappa shape index (κ2) is 3.54. The van der Waals surface area contributed by atoms with Crippen molar-refractivity contribution in [2.75, 3.05) is 0 Å². The van der Waals surface area contributed by atoms with Crippen molar-refractivity contribution in [3.63, 3.8) is 0 Å². The Morgan fingerprint density at radius 1 is 1.25 bits per heavy atom. The van der Waals surface area contributed by atoms with Crippen molar-refractivity contribution in [2.24, 2.45) is 0 Å². The standard InChI is InChI=1S/C12H18N4/c1-7(2)8-6-13-11-9(14-8)10(15-16-11)12(3,4)5/h6-7H,1-5H3,(H,13,15,16). The van der Waals surface area contributed by atoms with Crippen LogP contribution >= 0.6 is 0 Å². The molecule has 16 heavy (non-hydrogen) atoms. The molecule has 4 nitrogen and oxygen atoms in total. The molecule has 0 fully saturated rings. The first-order valence-corrected chi connectivity index (χ1v) is 5.61. The molecule has 0 saturated heterocycles. The molecule has 2 heterocycles. The van der Waals surface area contributed by atoms with Gasteiger partial charge in [-0.25, -0.2) is 9.97 Å². The Hall–Kier alpha value is -1.45. The van der Waals surface area contributed by atoms with E-state index in [1.54, 1.807) is 0 Å². The normalized spacial score (nSPS) is 12.6. The molecule has 0 unspecified atom stereocenters. The number of rotatable bonds is 1. The van der Waals surface area contributed by atoms with E-state index in [1.807, 2.05) is 6.20 Å². The molecule has 0 saturated carbocycles. The minimum atomic E-state index is -0.0114. The smallest absolute Gasteiger partial charge is 0.174 e. The summed E-state index contributed by atoms with van der Waals surface area (Å²) in [7, 11) is 0. The average Bonchev–Trinajstić information content (AvgIpc) is 2.58. The van der Waals surface area contributed by atoms with E-state index in [4.69, 9.17) is 0 Å². The van der Waals surface area contributed by atoms with E-state index in [0.29, 0.717) is 5.92 Å². The van der Waals surface area contributed by atoms with Crippen molar-refractivity contribution < 1.29 is 0 Å². The van der Waals surface area contributed by atoms with Gasteiger partial charge >= 0.3 is 0 Å². The maximum Gasteiger partial charge on any atom is 0.174 e. The SMILES string of the molecule is CC(C)c1cnc2[nH]nc(C(C)(C)C)c2n1. The minimum absolute atomic E-state index is 0.0114. The van der Waals surface area contributed by atoms with Gasteiger partial charge in [0.1, 0.15) is 5.52 Å². The van der Waals surface area contributed by atoms with Gasteiger partial charge in [0.05, 0.1) is 17.6 Å². The Balaban J connectivity index is 2.65. The molecule has 0 radical (unpaired) electrons. The van der Waals surface area contributed by atoms with Crippen molar-refractivity contribution >= 4 is 11.2 Å². The van der Waals surface area contributed by atoms with E-state index >= 15 is 0 Å². The van der Waals surface area contributed by atoms with Crippen LogP contribution in [-0.2, 0) is 5.41 Å². The number of nitrogens with zero attached hydrogens (tertiary/aromatic N) is 3. The molecule has 2 rings (SSSR count). The first-order valence-electron chi connectivity index (χ1n) is 5.61. The van der Waals surface area contributed by atoms with Gasteiger partial charge in [-0.1, -0.05) is 34.6 Å².